The summed E-state index contributed by atoms with van der Waals surface area (Å²) in [7, 11) is 1.72. The van der Waals surface area contributed by atoms with E-state index in [0.717, 1.165) is 19.3 Å². The van der Waals surface area contributed by atoms with Gasteiger partial charge >= 0.3 is 0 Å². The number of methoxy groups -OCH3 is 1. The maximum absolute atomic E-state index is 12.2. The first-order valence-corrected chi connectivity index (χ1v) is 7.17. The maximum Gasteiger partial charge on any atom is 0.247 e. The molecule has 1 saturated carbocycles. The molecule has 1 N–H and O–H groups in total. The Morgan fingerprint density at radius 2 is 2.16 bits per heavy atom. The summed E-state index contributed by atoms with van der Waals surface area (Å²) in [4.78, 5) is 25.6. The molecule has 2 unspecified atom stereocenters. The molecule has 2 atom stereocenters. The SMILES string of the molecule is CCC(C)N1C(=O)CC(NCC2(OC)CCC2)C1=O. The lowest BCUT2D eigenvalue weighted by Gasteiger charge is -2.41. The van der Waals surface area contributed by atoms with Gasteiger partial charge < -0.3 is 10.1 Å². The summed E-state index contributed by atoms with van der Waals surface area (Å²) >= 11 is 0. The zero-order valence-corrected chi connectivity index (χ0v) is 12.1. The largest absolute Gasteiger partial charge is 0.377 e. The van der Waals surface area contributed by atoms with Gasteiger partial charge in [-0.05, 0) is 32.6 Å². The zero-order valence-electron chi connectivity index (χ0n) is 12.1. The van der Waals surface area contributed by atoms with E-state index in [1.54, 1.807) is 7.11 Å². The predicted octanol–water partition coefficient (Wildman–Crippen LogP) is 1.07. The average Bonchev–Trinajstić information content (AvgIpc) is 2.63. The summed E-state index contributed by atoms with van der Waals surface area (Å²) in [5.41, 5.74) is -0.118. The smallest absolute Gasteiger partial charge is 0.247 e. The molecule has 1 aliphatic carbocycles. The van der Waals surface area contributed by atoms with E-state index in [1.165, 1.54) is 11.3 Å². The fraction of sp³-hybridized carbons (Fsp3) is 0.857. The molecule has 5 heteroatoms. The quantitative estimate of drug-likeness (QED) is 0.732. The number of nitrogens with zero attached hydrogens (tertiary/aromatic N) is 1. The van der Waals surface area contributed by atoms with Gasteiger partial charge in [0.15, 0.2) is 0 Å². The topological polar surface area (TPSA) is 58.6 Å². The molecule has 2 amide bonds. The number of imide groups is 1. The minimum atomic E-state index is -0.367. The fourth-order valence-electron chi connectivity index (χ4n) is 2.79. The Labute approximate surface area is 114 Å². The van der Waals surface area contributed by atoms with Crippen molar-refractivity contribution in [2.24, 2.45) is 0 Å². The monoisotopic (exact) mass is 268 g/mol. The molecule has 0 aromatic rings. The number of ether oxygens (including phenoxy) is 1. The molecule has 2 rings (SSSR count). The summed E-state index contributed by atoms with van der Waals surface area (Å²) in [5, 5.41) is 3.23. The summed E-state index contributed by atoms with van der Waals surface area (Å²) in [6, 6.07) is -0.374. The van der Waals surface area contributed by atoms with E-state index >= 15 is 0 Å². The van der Waals surface area contributed by atoms with Crippen LogP contribution in [0.1, 0.15) is 46.0 Å². The normalized spacial score (nSPS) is 27.5. The van der Waals surface area contributed by atoms with E-state index in [9.17, 15) is 9.59 Å². The Kier molecular flexibility index (Phi) is 4.26. The average molecular weight is 268 g/mol. The van der Waals surface area contributed by atoms with Crippen LogP contribution in [0.3, 0.4) is 0 Å². The molecule has 1 aliphatic heterocycles. The number of carbonyl (C=O) groups is 2. The Morgan fingerprint density at radius 1 is 1.47 bits per heavy atom. The van der Waals surface area contributed by atoms with Crippen molar-refractivity contribution >= 4 is 11.8 Å². The highest BCUT2D eigenvalue weighted by Crippen LogP contribution is 2.34. The molecule has 2 aliphatic rings. The van der Waals surface area contributed by atoms with Crippen LogP contribution in [0.25, 0.3) is 0 Å². The lowest BCUT2D eigenvalue weighted by atomic mass is 9.80. The highest BCUT2D eigenvalue weighted by Gasteiger charge is 2.43. The molecule has 1 heterocycles. The minimum absolute atomic E-state index is 0.00751. The zero-order chi connectivity index (χ0) is 14.0. The lowest BCUT2D eigenvalue weighted by molar-refractivity contribution is -0.141. The van der Waals surface area contributed by atoms with Crippen molar-refractivity contribution in [2.75, 3.05) is 13.7 Å². The third kappa shape index (κ3) is 2.67. The van der Waals surface area contributed by atoms with Crippen LogP contribution in [-0.4, -0.2) is 48.1 Å². The van der Waals surface area contributed by atoms with Gasteiger partial charge in [-0.1, -0.05) is 6.92 Å². The number of hydrogen-bond acceptors (Lipinski definition) is 4. The molecule has 0 radical (unpaired) electrons. The first-order chi connectivity index (χ1) is 9.03. The van der Waals surface area contributed by atoms with E-state index in [0.29, 0.717) is 6.54 Å². The van der Waals surface area contributed by atoms with Crippen molar-refractivity contribution in [1.29, 1.82) is 0 Å². The molecular formula is C14H24N2O3. The van der Waals surface area contributed by atoms with Gasteiger partial charge in [-0.3, -0.25) is 14.5 Å². The molecule has 1 saturated heterocycles. The van der Waals surface area contributed by atoms with Crippen LogP contribution >= 0.6 is 0 Å². The second kappa shape index (κ2) is 5.59. The van der Waals surface area contributed by atoms with E-state index in [-0.39, 0.29) is 35.9 Å². The minimum Gasteiger partial charge on any atom is -0.377 e. The van der Waals surface area contributed by atoms with Crippen LogP contribution in [0.15, 0.2) is 0 Å². The Balaban J connectivity index is 1.92. The van der Waals surface area contributed by atoms with Gasteiger partial charge in [0.1, 0.15) is 0 Å². The molecule has 0 aromatic heterocycles. The van der Waals surface area contributed by atoms with Crippen LogP contribution in [0.5, 0.6) is 0 Å². The Morgan fingerprint density at radius 3 is 2.63 bits per heavy atom. The molecule has 0 bridgehead atoms. The Hall–Kier alpha value is -0.940. The molecule has 2 fully saturated rings. The number of hydrogen-bond donors (Lipinski definition) is 1. The summed E-state index contributed by atoms with van der Waals surface area (Å²) in [5.74, 6) is -0.137. The summed E-state index contributed by atoms with van der Waals surface area (Å²) < 4.78 is 5.52. The number of carbonyl (C=O) groups excluding carboxylic acids is 2. The third-order valence-electron chi connectivity index (χ3n) is 4.58. The van der Waals surface area contributed by atoms with Gasteiger partial charge in [-0.15, -0.1) is 0 Å². The van der Waals surface area contributed by atoms with Gasteiger partial charge in [0.05, 0.1) is 18.1 Å². The lowest BCUT2D eigenvalue weighted by Crippen LogP contribution is -2.52. The van der Waals surface area contributed by atoms with Crippen molar-refractivity contribution in [1.82, 2.24) is 10.2 Å². The van der Waals surface area contributed by atoms with Crippen molar-refractivity contribution in [2.45, 2.75) is 63.6 Å². The van der Waals surface area contributed by atoms with E-state index < -0.39 is 0 Å². The van der Waals surface area contributed by atoms with Crippen molar-refractivity contribution in [3.63, 3.8) is 0 Å². The second-order valence-electron chi connectivity index (χ2n) is 5.74. The highest BCUT2D eigenvalue weighted by atomic mass is 16.5. The second-order valence-corrected chi connectivity index (χ2v) is 5.74. The van der Waals surface area contributed by atoms with Crippen LogP contribution in [0, 0.1) is 0 Å². The van der Waals surface area contributed by atoms with E-state index in [1.807, 2.05) is 13.8 Å². The predicted molar refractivity (Wildman–Crippen MR) is 71.6 cm³/mol. The number of amides is 2. The Bertz CT molecular complexity index is 360. The molecule has 5 nitrogen and oxygen atoms in total. The summed E-state index contributed by atoms with van der Waals surface area (Å²) in [6.07, 6.45) is 4.31. The van der Waals surface area contributed by atoms with Crippen LogP contribution in [0.4, 0.5) is 0 Å². The molecule has 19 heavy (non-hydrogen) atoms. The van der Waals surface area contributed by atoms with Gasteiger partial charge in [0, 0.05) is 19.7 Å². The van der Waals surface area contributed by atoms with Gasteiger partial charge in [0.2, 0.25) is 11.8 Å². The van der Waals surface area contributed by atoms with Crippen molar-refractivity contribution < 1.29 is 14.3 Å². The third-order valence-corrected chi connectivity index (χ3v) is 4.58. The molecular weight excluding hydrogens is 244 g/mol. The molecule has 0 aromatic carbocycles. The highest BCUT2D eigenvalue weighted by molar-refractivity contribution is 6.05. The molecule has 108 valence electrons. The first kappa shape index (κ1) is 14.5. The number of rotatable bonds is 6. The maximum atomic E-state index is 12.2. The standard InChI is InChI=1S/C14H24N2O3/c1-4-10(2)16-12(17)8-11(13(16)18)15-9-14(19-3)6-5-7-14/h10-11,15H,4-9H2,1-3H3. The molecule has 0 spiro atoms. The first-order valence-electron chi connectivity index (χ1n) is 7.17. The van der Waals surface area contributed by atoms with E-state index in [4.69, 9.17) is 4.74 Å². The van der Waals surface area contributed by atoms with Crippen LogP contribution in [0.2, 0.25) is 0 Å². The van der Waals surface area contributed by atoms with Crippen LogP contribution < -0.4 is 5.32 Å². The summed E-state index contributed by atoms with van der Waals surface area (Å²) in [6.45, 7) is 4.56. The number of nitrogens with one attached hydrogen (secondary N) is 1. The van der Waals surface area contributed by atoms with Crippen molar-refractivity contribution in [3.8, 4) is 0 Å². The van der Waals surface area contributed by atoms with Gasteiger partial charge in [-0.25, -0.2) is 0 Å². The van der Waals surface area contributed by atoms with Gasteiger partial charge in [0.25, 0.3) is 0 Å². The fourth-order valence-corrected chi connectivity index (χ4v) is 2.79. The van der Waals surface area contributed by atoms with Crippen molar-refractivity contribution in [3.05, 3.63) is 0 Å². The van der Waals surface area contributed by atoms with E-state index in [2.05, 4.69) is 5.32 Å². The van der Waals surface area contributed by atoms with Gasteiger partial charge in [-0.2, -0.15) is 0 Å². The van der Waals surface area contributed by atoms with Crippen LogP contribution in [-0.2, 0) is 14.3 Å². The number of likely N-dealkylation sites (tertiary alicyclic amines) is 1.